The van der Waals surface area contributed by atoms with Crippen LogP contribution in [-0.2, 0) is 29.9 Å². The SMILES string of the molecule is COCCOCCO[C@](C)(C(=O)O)C1CN(c2ccc3cc(-c4ccccc4C(F)(F)F)[nH]c(=O)c3c2)C(=O)O1. The maximum absolute atomic E-state index is 13.5. The first-order chi connectivity index (χ1) is 19.0. The molecule has 4 rings (SSSR count). The van der Waals surface area contributed by atoms with Crippen LogP contribution >= 0.6 is 0 Å². The van der Waals surface area contributed by atoms with Crippen LogP contribution in [0, 0.1) is 0 Å². The molecule has 2 aromatic carbocycles. The molecule has 0 saturated carbocycles. The number of hydrogen-bond donors (Lipinski definition) is 2. The van der Waals surface area contributed by atoms with Crippen LogP contribution in [0.15, 0.2) is 53.3 Å². The largest absolute Gasteiger partial charge is 0.479 e. The zero-order valence-corrected chi connectivity index (χ0v) is 21.6. The molecule has 1 saturated heterocycles. The van der Waals surface area contributed by atoms with Crippen molar-refractivity contribution in [2.24, 2.45) is 0 Å². The molecule has 3 aromatic rings. The van der Waals surface area contributed by atoms with E-state index in [1.54, 1.807) is 0 Å². The molecule has 214 valence electrons. The first-order valence-electron chi connectivity index (χ1n) is 12.2. The maximum Gasteiger partial charge on any atom is 0.417 e. The lowest BCUT2D eigenvalue weighted by molar-refractivity contribution is -0.178. The highest BCUT2D eigenvalue weighted by Crippen LogP contribution is 2.37. The number of rotatable bonds is 11. The number of fused-ring (bicyclic) bond motifs is 1. The lowest BCUT2D eigenvalue weighted by Crippen LogP contribution is -2.51. The Morgan fingerprint density at radius 3 is 2.52 bits per heavy atom. The Labute approximate surface area is 226 Å². The first-order valence-corrected chi connectivity index (χ1v) is 12.2. The van der Waals surface area contributed by atoms with Gasteiger partial charge in [-0.25, -0.2) is 9.59 Å². The monoisotopic (exact) mass is 564 g/mol. The number of nitrogens with zero attached hydrogens (tertiary/aromatic N) is 1. The van der Waals surface area contributed by atoms with E-state index < -0.39 is 41.1 Å². The minimum absolute atomic E-state index is 0.0144. The Hall–Kier alpha value is -3.94. The number of carbonyl (C=O) groups is 2. The predicted octanol–water partition coefficient (Wildman–Crippen LogP) is 4.06. The minimum atomic E-state index is -4.62. The Bertz CT molecular complexity index is 1460. The number of ether oxygens (including phenoxy) is 4. The number of anilines is 1. The molecule has 2 N–H and O–H groups in total. The molecule has 0 bridgehead atoms. The number of methoxy groups -OCH3 is 1. The molecule has 1 unspecified atom stereocenters. The third kappa shape index (κ3) is 5.96. The van der Waals surface area contributed by atoms with Crippen molar-refractivity contribution in [1.82, 2.24) is 4.98 Å². The second kappa shape index (κ2) is 11.7. The number of alkyl halides is 3. The number of carboxylic acids is 1. The summed E-state index contributed by atoms with van der Waals surface area (Å²) in [6, 6.07) is 10.7. The van der Waals surface area contributed by atoms with Gasteiger partial charge in [-0.3, -0.25) is 9.69 Å². The first kappa shape index (κ1) is 29.1. The van der Waals surface area contributed by atoms with E-state index in [9.17, 15) is 32.7 Å². The molecule has 0 spiro atoms. The molecule has 1 fully saturated rings. The molecule has 1 aliphatic rings. The number of amides is 1. The summed E-state index contributed by atoms with van der Waals surface area (Å²) in [6.07, 6.45) is -6.65. The van der Waals surface area contributed by atoms with Gasteiger partial charge in [0.25, 0.3) is 5.56 Å². The zero-order valence-electron chi connectivity index (χ0n) is 21.6. The van der Waals surface area contributed by atoms with Crippen LogP contribution in [0.3, 0.4) is 0 Å². The van der Waals surface area contributed by atoms with Gasteiger partial charge in [-0.1, -0.05) is 24.3 Å². The van der Waals surface area contributed by atoms with Gasteiger partial charge >= 0.3 is 18.2 Å². The maximum atomic E-state index is 13.5. The van der Waals surface area contributed by atoms with Gasteiger partial charge in [-0.2, -0.15) is 13.2 Å². The van der Waals surface area contributed by atoms with Crippen molar-refractivity contribution in [3.8, 4) is 11.3 Å². The number of carboxylic acid groups (broad SMARTS) is 1. The number of aliphatic carboxylic acids is 1. The number of cyclic esters (lactones) is 1. The van der Waals surface area contributed by atoms with Gasteiger partial charge in [0, 0.05) is 29.4 Å². The quantitative estimate of drug-likeness (QED) is 0.334. The van der Waals surface area contributed by atoms with Gasteiger partial charge in [0.05, 0.1) is 38.5 Å². The fraction of sp³-hybridized carbons (Fsp3) is 0.370. The number of benzene rings is 2. The van der Waals surface area contributed by atoms with Gasteiger partial charge < -0.3 is 29.0 Å². The number of aromatic nitrogens is 1. The molecular formula is C27H27F3N2O8. The van der Waals surface area contributed by atoms with E-state index in [4.69, 9.17) is 18.9 Å². The Balaban J connectivity index is 1.57. The summed E-state index contributed by atoms with van der Waals surface area (Å²) >= 11 is 0. The van der Waals surface area contributed by atoms with Crippen LogP contribution in [-0.4, -0.2) is 73.9 Å². The lowest BCUT2D eigenvalue weighted by atomic mass is 9.98. The van der Waals surface area contributed by atoms with Crippen LogP contribution in [0.2, 0.25) is 0 Å². The smallest absolute Gasteiger partial charge is 0.417 e. The van der Waals surface area contributed by atoms with E-state index >= 15 is 0 Å². The molecule has 2 atom stereocenters. The lowest BCUT2D eigenvalue weighted by Gasteiger charge is -2.29. The molecule has 1 aliphatic heterocycles. The third-order valence-corrected chi connectivity index (χ3v) is 6.58. The van der Waals surface area contributed by atoms with Crippen LogP contribution in [0.1, 0.15) is 12.5 Å². The molecule has 2 heterocycles. The Morgan fingerprint density at radius 2 is 1.82 bits per heavy atom. The number of aromatic amines is 1. The summed E-state index contributed by atoms with van der Waals surface area (Å²) in [5, 5.41) is 10.3. The number of H-pyrrole nitrogens is 1. The van der Waals surface area contributed by atoms with Crippen molar-refractivity contribution in [2.45, 2.75) is 24.8 Å². The number of pyridine rings is 1. The van der Waals surface area contributed by atoms with Crippen molar-refractivity contribution >= 4 is 28.5 Å². The molecule has 40 heavy (non-hydrogen) atoms. The van der Waals surface area contributed by atoms with Crippen molar-refractivity contribution < 1.29 is 46.8 Å². The summed E-state index contributed by atoms with van der Waals surface area (Å²) in [7, 11) is 1.52. The molecule has 1 aromatic heterocycles. The van der Waals surface area contributed by atoms with Crippen molar-refractivity contribution in [3.05, 3.63) is 64.4 Å². The third-order valence-electron chi connectivity index (χ3n) is 6.58. The van der Waals surface area contributed by atoms with Crippen LogP contribution in [0.5, 0.6) is 0 Å². The Morgan fingerprint density at radius 1 is 1.10 bits per heavy atom. The van der Waals surface area contributed by atoms with Crippen molar-refractivity contribution in [2.75, 3.05) is 45.0 Å². The fourth-order valence-electron chi connectivity index (χ4n) is 4.34. The Kier molecular flexibility index (Phi) is 8.47. The van der Waals surface area contributed by atoms with E-state index in [1.165, 1.54) is 56.5 Å². The van der Waals surface area contributed by atoms with Crippen LogP contribution in [0.25, 0.3) is 22.0 Å². The van der Waals surface area contributed by atoms with Crippen molar-refractivity contribution in [3.63, 3.8) is 0 Å². The summed E-state index contributed by atoms with van der Waals surface area (Å²) in [6.45, 7) is 1.78. The highest BCUT2D eigenvalue weighted by molar-refractivity contribution is 5.95. The summed E-state index contributed by atoms with van der Waals surface area (Å²) in [5.41, 5.74) is -3.39. The average Bonchev–Trinajstić information content (AvgIpc) is 3.31. The zero-order chi connectivity index (χ0) is 29.1. The van der Waals surface area contributed by atoms with E-state index in [2.05, 4.69) is 4.98 Å². The fourth-order valence-corrected chi connectivity index (χ4v) is 4.34. The van der Waals surface area contributed by atoms with Crippen molar-refractivity contribution in [1.29, 1.82) is 0 Å². The standard InChI is InChI=1S/C27H27F3N2O8/c1-26(24(34)35,39-12-11-38-10-9-37-2)22-15-32(25(36)40-22)17-8-7-16-13-21(31-23(33)19(16)14-17)18-5-3-4-6-20(18)27(28,29)30/h3-8,13-14,22H,9-12,15H2,1-2H3,(H,31,33)(H,34,35)/t22?,26-/m0/s1. The van der Waals surface area contributed by atoms with E-state index in [-0.39, 0.29) is 42.1 Å². The predicted molar refractivity (Wildman–Crippen MR) is 137 cm³/mol. The molecule has 0 radical (unpaired) electrons. The van der Waals surface area contributed by atoms with Gasteiger partial charge in [0.15, 0.2) is 6.10 Å². The molecule has 13 heteroatoms. The highest BCUT2D eigenvalue weighted by Gasteiger charge is 2.51. The highest BCUT2D eigenvalue weighted by atomic mass is 19.4. The topological polar surface area (TPSA) is 127 Å². The minimum Gasteiger partial charge on any atom is -0.479 e. The average molecular weight is 565 g/mol. The van der Waals surface area contributed by atoms with E-state index in [0.717, 1.165) is 11.0 Å². The number of halogens is 3. The summed E-state index contributed by atoms with van der Waals surface area (Å²) < 4.78 is 61.6. The molecule has 1 amide bonds. The molecule has 10 nitrogen and oxygen atoms in total. The van der Waals surface area contributed by atoms with Crippen LogP contribution < -0.4 is 10.5 Å². The second-order valence-electron chi connectivity index (χ2n) is 9.18. The van der Waals surface area contributed by atoms with E-state index in [1.807, 2.05) is 0 Å². The number of hydrogen-bond acceptors (Lipinski definition) is 7. The number of carbonyl (C=O) groups excluding carboxylic acids is 1. The van der Waals surface area contributed by atoms with Gasteiger partial charge in [-0.05, 0) is 36.6 Å². The normalized spacial score (nSPS) is 17.2. The van der Waals surface area contributed by atoms with Crippen LogP contribution in [0.4, 0.5) is 23.7 Å². The molecular weight excluding hydrogens is 537 g/mol. The summed E-state index contributed by atoms with van der Waals surface area (Å²) in [4.78, 5) is 41.4. The van der Waals surface area contributed by atoms with Gasteiger partial charge in [0.2, 0.25) is 5.60 Å². The molecule has 0 aliphatic carbocycles. The van der Waals surface area contributed by atoms with E-state index in [0.29, 0.717) is 18.6 Å². The summed E-state index contributed by atoms with van der Waals surface area (Å²) in [5.74, 6) is -1.34. The van der Waals surface area contributed by atoms with Gasteiger partial charge in [0.1, 0.15) is 0 Å². The number of nitrogens with one attached hydrogen (secondary N) is 1. The second-order valence-corrected chi connectivity index (χ2v) is 9.18. The van der Waals surface area contributed by atoms with Gasteiger partial charge in [-0.15, -0.1) is 0 Å².